The maximum Gasteiger partial charge on any atom is 0.0812 e. The van der Waals surface area contributed by atoms with Gasteiger partial charge in [-0.3, -0.25) is 0 Å². The first-order chi connectivity index (χ1) is 9.48. The molecule has 0 saturated heterocycles. The zero-order valence-electron chi connectivity index (χ0n) is 12.5. The van der Waals surface area contributed by atoms with Crippen LogP contribution in [0, 0.1) is 5.41 Å². The predicted molar refractivity (Wildman–Crippen MR) is 84.3 cm³/mol. The van der Waals surface area contributed by atoms with Gasteiger partial charge in [-0.1, -0.05) is 20.8 Å². The van der Waals surface area contributed by atoms with E-state index in [4.69, 9.17) is 0 Å². The van der Waals surface area contributed by atoms with Crippen LogP contribution in [0.15, 0.2) is 24.4 Å². The Morgan fingerprint density at radius 2 is 2.05 bits per heavy atom. The van der Waals surface area contributed by atoms with Crippen molar-refractivity contribution in [3.05, 3.63) is 45.4 Å². The van der Waals surface area contributed by atoms with E-state index in [0.29, 0.717) is 0 Å². The Balaban J connectivity index is 1.89. The topological polar surface area (TPSA) is 25.2 Å². The van der Waals surface area contributed by atoms with Crippen LogP contribution in [0.1, 0.15) is 54.3 Å². The first-order valence-corrected chi connectivity index (χ1v) is 8.24. The Bertz CT molecular complexity index is 608. The fraction of sp³-hybridized carbons (Fsp3) is 0.529. The van der Waals surface area contributed by atoms with E-state index in [2.05, 4.69) is 49.7 Å². The van der Waals surface area contributed by atoms with Crippen molar-refractivity contribution < 1.29 is 5.11 Å². The van der Waals surface area contributed by atoms with Gasteiger partial charge in [0.1, 0.15) is 0 Å². The van der Waals surface area contributed by atoms with Gasteiger partial charge < -0.3 is 9.67 Å². The van der Waals surface area contributed by atoms with Crippen LogP contribution in [0.5, 0.6) is 0 Å². The van der Waals surface area contributed by atoms with Crippen LogP contribution < -0.4 is 0 Å². The molecule has 0 saturated carbocycles. The highest BCUT2D eigenvalue weighted by atomic mass is 32.1. The maximum absolute atomic E-state index is 10.3. The third kappa shape index (κ3) is 2.57. The molecule has 3 heteroatoms. The quantitative estimate of drug-likeness (QED) is 0.901. The van der Waals surface area contributed by atoms with E-state index in [1.165, 1.54) is 15.4 Å². The third-order valence-electron chi connectivity index (χ3n) is 4.26. The molecule has 0 bridgehead atoms. The molecule has 2 nitrogen and oxygen atoms in total. The SMILES string of the molecule is CCc1ccc(Cn2ccc3c2CC(C)(C)CC3O)s1. The Morgan fingerprint density at radius 3 is 2.75 bits per heavy atom. The molecule has 1 aliphatic carbocycles. The summed E-state index contributed by atoms with van der Waals surface area (Å²) in [4.78, 5) is 2.85. The monoisotopic (exact) mass is 289 g/mol. The third-order valence-corrected chi connectivity index (χ3v) is 5.47. The van der Waals surface area contributed by atoms with E-state index in [9.17, 15) is 5.11 Å². The summed E-state index contributed by atoms with van der Waals surface area (Å²) in [5.74, 6) is 0. The number of fused-ring (bicyclic) bond motifs is 1. The van der Waals surface area contributed by atoms with E-state index in [0.717, 1.165) is 31.4 Å². The number of aliphatic hydroxyl groups excluding tert-OH is 1. The Hall–Kier alpha value is -1.06. The molecule has 0 radical (unpaired) electrons. The lowest BCUT2D eigenvalue weighted by Crippen LogP contribution is -2.26. The normalized spacial score (nSPS) is 20.9. The maximum atomic E-state index is 10.3. The van der Waals surface area contributed by atoms with Gasteiger partial charge in [0.05, 0.1) is 12.6 Å². The molecular weight excluding hydrogens is 266 g/mol. The minimum atomic E-state index is -0.301. The molecule has 0 fully saturated rings. The number of aliphatic hydroxyl groups is 1. The van der Waals surface area contributed by atoms with Crippen LogP contribution in [0.3, 0.4) is 0 Å². The van der Waals surface area contributed by atoms with Gasteiger partial charge in [-0.15, -0.1) is 11.3 Å². The highest BCUT2D eigenvalue weighted by Crippen LogP contribution is 2.41. The highest BCUT2D eigenvalue weighted by Gasteiger charge is 2.33. The van der Waals surface area contributed by atoms with Crippen molar-refractivity contribution in [3.63, 3.8) is 0 Å². The zero-order chi connectivity index (χ0) is 14.3. The smallest absolute Gasteiger partial charge is 0.0812 e. The van der Waals surface area contributed by atoms with Gasteiger partial charge in [0, 0.05) is 27.2 Å². The number of aromatic nitrogens is 1. The minimum Gasteiger partial charge on any atom is -0.388 e. The summed E-state index contributed by atoms with van der Waals surface area (Å²) in [6.07, 6.45) is 4.87. The Kier molecular flexibility index (Phi) is 3.51. The highest BCUT2D eigenvalue weighted by molar-refractivity contribution is 7.11. The van der Waals surface area contributed by atoms with Crippen molar-refractivity contribution in [2.24, 2.45) is 5.41 Å². The zero-order valence-corrected chi connectivity index (χ0v) is 13.3. The summed E-state index contributed by atoms with van der Waals surface area (Å²) < 4.78 is 2.32. The van der Waals surface area contributed by atoms with E-state index in [-0.39, 0.29) is 11.5 Å². The molecular formula is C17H23NOS. The van der Waals surface area contributed by atoms with Gasteiger partial charge in [0.25, 0.3) is 0 Å². The van der Waals surface area contributed by atoms with E-state index in [1.807, 2.05) is 11.3 Å². The first-order valence-electron chi connectivity index (χ1n) is 7.42. The molecule has 20 heavy (non-hydrogen) atoms. The second kappa shape index (κ2) is 5.05. The molecule has 0 aromatic carbocycles. The minimum absolute atomic E-state index is 0.187. The van der Waals surface area contributed by atoms with E-state index < -0.39 is 0 Å². The number of hydrogen-bond donors (Lipinski definition) is 1. The van der Waals surface area contributed by atoms with E-state index in [1.54, 1.807) is 0 Å². The average molecular weight is 289 g/mol. The van der Waals surface area contributed by atoms with Crippen molar-refractivity contribution in [2.75, 3.05) is 0 Å². The molecule has 108 valence electrons. The van der Waals surface area contributed by atoms with E-state index >= 15 is 0 Å². The summed E-state index contributed by atoms with van der Waals surface area (Å²) in [6.45, 7) is 7.63. The largest absolute Gasteiger partial charge is 0.388 e. The summed E-state index contributed by atoms with van der Waals surface area (Å²) in [5, 5.41) is 10.3. The van der Waals surface area contributed by atoms with Crippen molar-refractivity contribution >= 4 is 11.3 Å². The average Bonchev–Trinajstić information content (AvgIpc) is 2.96. The molecule has 2 heterocycles. The summed E-state index contributed by atoms with van der Waals surface area (Å²) in [6, 6.07) is 6.57. The molecule has 2 aromatic rings. The number of hydrogen-bond acceptors (Lipinski definition) is 2. The van der Waals surface area contributed by atoms with Gasteiger partial charge in [0.15, 0.2) is 0 Å². The van der Waals surface area contributed by atoms with Gasteiger partial charge >= 0.3 is 0 Å². The fourth-order valence-electron chi connectivity index (χ4n) is 3.20. The summed E-state index contributed by atoms with van der Waals surface area (Å²) in [7, 11) is 0. The molecule has 2 aromatic heterocycles. The molecule has 1 atom stereocenters. The van der Waals surface area contributed by atoms with Crippen LogP contribution in [0.2, 0.25) is 0 Å². The number of aryl methyl sites for hydroxylation is 1. The van der Waals surface area contributed by atoms with Crippen molar-refractivity contribution in [3.8, 4) is 0 Å². The Morgan fingerprint density at radius 1 is 1.30 bits per heavy atom. The first kappa shape index (κ1) is 13.9. The van der Waals surface area contributed by atoms with Crippen molar-refractivity contribution in [1.82, 2.24) is 4.57 Å². The number of rotatable bonds is 3. The number of thiophene rings is 1. The molecule has 0 aliphatic heterocycles. The lowest BCUT2D eigenvalue weighted by Gasteiger charge is -2.33. The van der Waals surface area contributed by atoms with Crippen molar-refractivity contribution in [2.45, 2.75) is 52.7 Å². The number of nitrogens with zero attached hydrogens (tertiary/aromatic N) is 1. The van der Waals surface area contributed by atoms with Crippen LogP contribution in [-0.4, -0.2) is 9.67 Å². The van der Waals surface area contributed by atoms with Crippen LogP contribution in [0.4, 0.5) is 0 Å². The lowest BCUT2D eigenvalue weighted by atomic mass is 9.75. The second-order valence-corrected chi connectivity index (χ2v) is 7.88. The van der Waals surface area contributed by atoms with Gasteiger partial charge in [-0.25, -0.2) is 0 Å². The molecule has 1 N–H and O–H groups in total. The predicted octanol–water partition coefficient (Wildman–Crippen LogP) is 4.17. The fourth-order valence-corrected chi connectivity index (χ4v) is 4.16. The second-order valence-electron chi connectivity index (χ2n) is 6.63. The lowest BCUT2D eigenvalue weighted by molar-refractivity contribution is 0.0981. The molecule has 1 unspecified atom stereocenters. The van der Waals surface area contributed by atoms with Crippen LogP contribution in [-0.2, 0) is 19.4 Å². The Labute approximate surface area is 125 Å². The van der Waals surface area contributed by atoms with Crippen LogP contribution >= 0.6 is 11.3 Å². The molecule has 0 spiro atoms. The molecule has 0 amide bonds. The van der Waals surface area contributed by atoms with Gasteiger partial charge in [0.2, 0.25) is 0 Å². The van der Waals surface area contributed by atoms with Gasteiger partial charge in [-0.2, -0.15) is 0 Å². The van der Waals surface area contributed by atoms with Gasteiger partial charge in [-0.05, 0) is 42.9 Å². The summed E-state index contributed by atoms with van der Waals surface area (Å²) in [5.41, 5.74) is 2.64. The van der Waals surface area contributed by atoms with Crippen molar-refractivity contribution in [1.29, 1.82) is 0 Å². The molecule has 3 rings (SSSR count). The summed E-state index contributed by atoms with van der Waals surface area (Å²) >= 11 is 1.90. The standard InChI is InChI=1S/C17H23NOS/c1-4-12-5-6-13(20-12)11-18-8-7-14-15(18)9-17(2,3)10-16(14)19/h5-8,16,19H,4,9-11H2,1-3H3. The van der Waals surface area contributed by atoms with Crippen LogP contribution in [0.25, 0.3) is 0 Å². The molecule has 1 aliphatic rings.